The Morgan fingerprint density at radius 3 is 2.61 bits per heavy atom. The fraction of sp³-hybridized carbons (Fsp3) is 0.360. The molecule has 190 valence electrons. The number of aromatic nitrogens is 2. The van der Waals surface area contributed by atoms with Crippen molar-refractivity contribution in [1.29, 1.82) is 0 Å². The summed E-state index contributed by atoms with van der Waals surface area (Å²) in [5.74, 6) is -0.612. The number of carbonyl (C=O) groups excluding carboxylic acids is 2. The minimum Gasteiger partial charge on any atom is -0.495 e. The van der Waals surface area contributed by atoms with Crippen LogP contribution in [0.5, 0.6) is 5.75 Å². The minimum absolute atomic E-state index is 0.0742. The van der Waals surface area contributed by atoms with Crippen LogP contribution in [0, 0.1) is 6.92 Å². The molecule has 1 aliphatic heterocycles. The lowest BCUT2D eigenvalue weighted by Crippen LogP contribution is -2.45. The number of halogens is 1. The van der Waals surface area contributed by atoms with E-state index in [2.05, 4.69) is 10.6 Å². The highest BCUT2D eigenvalue weighted by molar-refractivity contribution is 6.31. The van der Waals surface area contributed by atoms with Gasteiger partial charge in [-0.1, -0.05) is 23.7 Å². The molecule has 0 saturated carbocycles. The van der Waals surface area contributed by atoms with Crippen LogP contribution in [0.1, 0.15) is 18.4 Å². The smallest absolute Gasteiger partial charge is 0.332 e. The molecule has 1 aliphatic rings. The quantitative estimate of drug-likeness (QED) is 0.475. The first-order chi connectivity index (χ1) is 17.3. The molecule has 4 rings (SSSR count). The molecular weight excluding hydrogens is 488 g/mol. The van der Waals surface area contributed by atoms with Crippen LogP contribution in [0.3, 0.4) is 0 Å². The molecule has 10 nitrogen and oxygen atoms in total. The summed E-state index contributed by atoms with van der Waals surface area (Å²) in [5.41, 5.74) is 0.0324. The summed E-state index contributed by atoms with van der Waals surface area (Å²) < 4.78 is 12.8. The summed E-state index contributed by atoms with van der Waals surface area (Å²) >= 11 is 6.20. The lowest BCUT2D eigenvalue weighted by atomic mass is 10.2. The first-order valence-electron chi connectivity index (χ1n) is 11.5. The van der Waals surface area contributed by atoms with Crippen molar-refractivity contribution in [3.63, 3.8) is 0 Å². The average Bonchev–Trinajstić information content (AvgIpc) is 3.39. The molecule has 0 bridgehead atoms. The second-order valence-electron chi connectivity index (χ2n) is 8.57. The van der Waals surface area contributed by atoms with Gasteiger partial charge in [-0.15, -0.1) is 0 Å². The van der Waals surface area contributed by atoms with Crippen molar-refractivity contribution in [1.82, 2.24) is 14.5 Å². The van der Waals surface area contributed by atoms with E-state index in [-0.39, 0.29) is 17.0 Å². The van der Waals surface area contributed by atoms with Crippen LogP contribution in [0.2, 0.25) is 5.02 Å². The topological polar surface area (TPSA) is 121 Å². The summed E-state index contributed by atoms with van der Waals surface area (Å²) in [6, 6.07) is 9.70. The van der Waals surface area contributed by atoms with Crippen LogP contribution in [-0.4, -0.2) is 47.3 Å². The predicted octanol–water partition coefficient (Wildman–Crippen LogP) is 2.07. The Balaban J connectivity index is 1.62. The molecule has 1 aromatic heterocycles. The zero-order valence-electron chi connectivity index (χ0n) is 20.0. The van der Waals surface area contributed by atoms with Gasteiger partial charge in [0, 0.05) is 18.2 Å². The summed E-state index contributed by atoms with van der Waals surface area (Å²) in [6.45, 7) is 1.89. The largest absolute Gasteiger partial charge is 0.495 e. The predicted molar refractivity (Wildman–Crippen MR) is 136 cm³/mol. The number of anilines is 1. The lowest BCUT2D eigenvalue weighted by molar-refractivity contribution is -0.122. The molecule has 1 unspecified atom stereocenters. The normalized spacial score (nSPS) is 15.1. The number of aryl methyl sites for hydroxylation is 1. The van der Waals surface area contributed by atoms with Crippen molar-refractivity contribution in [3.05, 3.63) is 67.8 Å². The number of hydrogen-bond acceptors (Lipinski definition) is 6. The molecule has 36 heavy (non-hydrogen) atoms. The summed E-state index contributed by atoms with van der Waals surface area (Å²) in [6.07, 6.45) is 1.70. The maximum absolute atomic E-state index is 13.3. The van der Waals surface area contributed by atoms with Crippen molar-refractivity contribution in [3.8, 4) is 5.75 Å². The molecule has 2 heterocycles. The van der Waals surface area contributed by atoms with Gasteiger partial charge in [-0.3, -0.25) is 23.5 Å². The second kappa shape index (κ2) is 11.0. The van der Waals surface area contributed by atoms with E-state index in [4.69, 9.17) is 21.1 Å². The van der Waals surface area contributed by atoms with Crippen molar-refractivity contribution < 1.29 is 19.1 Å². The molecule has 11 heteroatoms. The molecule has 0 radical (unpaired) electrons. The fourth-order valence-electron chi connectivity index (χ4n) is 4.15. The first kappa shape index (κ1) is 25.5. The van der Waals surface area contributed by atoms with Gasteiger partial charge in [-0.25, -0.2) is 4.79 Å². The third kappa shape index (κ3) is 5.44. The number of fused-ring (bicyclic) bond motifs is 1. The molecule has 2 N–H and O–H groups in total. The van der Waals surface area contributed by atoms with Crippen LogP contribution in [0.15, 0.2) is 46.0 Å². The summed E-state index contributed by atoms with van der Waals surface area (Å²) in [7, 11) is 1.47. The number of rotatable bonds is 8. The van der Waals surface area contributed by atoms with E-state index in [0.29, 0.717) is 29.6 Å². The molecule has 2 aromatic carbocycles. The van der Waals surface area contributed by atoms with Crippen molar-refractivity contribution in [2.24, 2.45) is 0 Å². The number of benzene rings is 2. The monoisotopic (exact) mass is 514 g/mol. The van der Waals surface area contributed by atoms with Crippen LogP contribution in [0.4, 0.5) is 5.69 Å². The highest BCUT2D eigenvalue weighted by Gasteiger charge is 2.20. The Kier molecular flexibility index (Phi) is 7.76. The van der Waals surface area contributed by atoms with Crippen LogP contribution >= 0.6 is 11.6 Å². The zero-order chi connectivity index (χ0) is 25.8. The Hall–Kier alpha value is -3.63. The fourth-order valence-corrected chi connectivity index (χ4v) is 4.31. The highest BCUT2D eigenvalue weighted by Crippen LogP contribution is 2.30. The van der Waals surface area contributed by atoms with Gasteiger partial charge in [0.15, 0.2) is 0 Å². The van der Waals surface area contributed by atoms with E-state index in [1.165, 1.54) is 11.7 Å². The number of ether oxygens (including phenoxy) is 2. The number of para-hydroxylation sites is 1. The van der Waals surface area contributed by atoms with E-state index in [1.54, 1.807) is 36.4 Å². The van der Waals surface area contributed by atoms with Gasteiger partial charge in [-0.05, 0) is 49.6 Å². The lowest BCUT2D eigenvalue weighted by Gasteiger charge is -2.16. The number of amides is 2. The van der Waals surface area contributed by atoms with Crippen LogP contribution < -0.4 is 26.6 Å². The maximum Gasteiger partial charge on any atom is 0.332 e. The highest BCUT2D eigenvalue weighted by atomic mass is 35.5. The van der Waals surface area contributed by atoms with E-state index < -0.39 is 36.2 Å². The molecule has 1 fully saturated rings. The van der Waals surface area contributed by atoms with Gasteiger partial charge in [0.25, 0.3) is 5.56 Å². The average molecular weight is 515 g/mol. The number of hydrogen-bond donors (Lipinski definition) is 2. The Morgan fingerprint density at radius 1 is 1.14 bits per heavy atom. The Bertz CT molecular complexity index is 1420. The molecule has 1 atom stereocenters. The van der Waals surface area contributed by atoms with E-state index in [1.807, 2.05) is 6.92 Å². The number of nitrogens with zero attached hydrogens (tertiary/aromatic N) is 2. The zero-order valence-corrected chi connectivity index (χ0v) is 20.8. The van der Waals surface area contributed by atoms with E-state index >= 15 is 0 Å². The third-order valence-corrected chi connectivity index (χ3v) is 6.45. The van der Waals surface area contributed by atoms with Crippen molar-refractivity contribution in [2.45, 2.75) is 39.0 Å². The van der Waals surface area contributed by atoms with E-state index in [0.717, 1.165) is 23.0 Å². The molecular formula is C25H27ClN4O6. The maximum atomic E-state index is 13.3. The molecule has 1 saturated heterocycles. The van der Waals surface area contributed by atoms with Crippen molar-refractivity contribution >= 4 is 40.0 Å². The minimum atomic E-state index is -0.769. The standard InChI is InChI=1S/C25H27ClN4O6/c1-15-10-21(35-2)19(11-18(15)26)28-23(32)14-29-20-8-4-3-7-17(20)24(33)30(25(29)34)13-22(31)27-12-16-6-5-9-36-16/h3-4,7-8,10-11,16H,5-6,9,12-14H2,1-2H3,(H,27,31)(H,28,32). The Labute approximate surface area is 211 Å². The number of nitrogens with one attached hydrogen (secondary N) is 2. The number of methoxy groups -OCH3 is 1. The van der Waals surface area contributed by atoms with Gasteiger partial charge in [0.1, 0.15) is 18.8 Å². The van der Waals surface area contributed by atoms with Crippen LogP contribution in [-0.2, 0) is 27.4 Å². The molecule has 0 spiro atoms. The van der Waals surface area contributed by atoms with Gasteiger partial charge >= 0.3 is 5.69 Å². The van der Waals surface area contributed by atoms with E-state index in [9.17, 15) is 19.2 Å². The van der Waals surface area contributed by atoms with Crippen LogP contribution in [0.25, 0.3) is 10.9 Å². The summed E-state index contributed by atoms with van der Waals surface area (Å²) in [5, 5.41) is 6.08. The van der Waals surface area contributed by atoms with Gasteiger partial charge < -0.3 is 20.1 Å². The molecule has 3 aromatic rings. The number of carbonyl (C=O) groups is 2. The molecule has 2 amide bonds. The summed E-state index contributed by atoms with van der Waals surface area (Å²) in [4.78, 5) is 51.8. The SMILES string of the molecule is COc1cc(C)c(Cl)cc1NC(=O)Cn1c(=O)n(CC(=O)NCC2CCCO2)c(=O)c2ccccc21. The van der Waals surface area contributed by atoms with Crippen molar-refractivity contribution in [2.75, 3.05) is 25.6 Å². The van der Waals surface area contributed by atoms with Gasteiger partial charge in [0.05, 0.1) is 29.8 Å². The molecule has 0 aliphatic carbocycles. The third-order valence-electron chi connectivity index (χ3n) is 6.04. The van der Waals surface area contributed by atoms with Gasteiger partial charge in [-0.2, -0.15) is 0 Å². The van der Waals surface area contributed by atoms with Gasteiger partial charge in [0.2, 0.25) is 11.8 Å². The Morgan fingerprint density at radius 2 is 1.89 bits per heavy atom. The first-order valence-corrected chi connectivity index (χ1v) is 11.9. The second-order valence-corrected chi connectivity index (χ2v) is 8.97.